The summed E-state index contributed by atoms with van der Waals surface area (Å²) in [5, 5.41) is 3.07. The molecule has 1 aliphatic heterocycles. The van der Waals surface area contributed by atoms with E-state index in [1.807, 2.05) is 13.8 Å². The number of amides is 2. The van der Waals surface area contributed by atoms with Gasteiger partial charge in [0.1, 0.15) is 17.8 Å². The third-order valence-corrected chi connectivity index (χ3v) is 4.67. The lowest BCUT2D eigenvalue weighted by Gasteiger charge is -2.32. The lowest BCUT2D eigenvalue weighted by atomic mass is 10.0. The predicted octanol–water partition coefficient (Wildman–Crippen LogP) is 2.83. The first-order valence-electron chi connectivity index (χ1n) is 8.16. The molecule has 3 rings (SSSR count). The second kappa shape index (κ2) is 6.55. The molecular formula is C18H22N2O4. The number of nitrogens with one attached hydrogen (secondary N) is 1. The third kappa shape index (κ3) is 3.09. The lowest BCUT2D eigenvalue weighted by Crippen LogP contribution is -2.46. The first kappa shape index (κ1) is 16.4. The van der Waals surface area contributed by atoms with Crippen molar-refractivity contribution >= 4 is 11.8 Å². The van der Waals surface area contributed by atoms with Crippen LogP contribution in [0.5, 0.6) is 0 Å². The van der Waals surface area contributed by atoms with Gasteiger partial charge in [-0.2, -0.15) is 0 Å². The molecule has 0 radical (unpaired) electrons. The number of carbonyl (C=O) groups is 2. The molecule has 0 atom stereocenters. The molecule has 0 saturated carbocycles. The Hall–Kier alpha value is -2.50. The van der Waals surface area contributed by atoms with Gasteiger partial charge in [-0.15, -0.1) is 0 Å². The van der Waals surface area contributed by atoms with E-state index < -0.39 is 0 Å². The Balaban J connectivity index is 1.57. The standard InChI is InChI=1S/C18H22N2O4/c1-11-12(2)24-13(3)16(11)17(21)19-15-4-7-20(8-5-15)18(22)14-6-9-23-10-14/h6,9-10,15H,4-5,7-8H2,1-3H3,(H,19,21). The maximum atomic E-state index is 12.5. The fraction of sp³-hybridized carbons (Fsp3) is 0.444. The number of piperidine rings is 1. The molecule has 2 aromatic rings. The highest BCUT2D eigenvalue weighted by atomic mass is 16.3. The van der Waals surface area contributed by atoms with Gasteiger partial charge in [0, 0.05) is 24.7 Å². The normalized spacial score (nSPS) is 15.5. The number of likely N-dealkylation sites (tertiary alicyclic amines) is 1. The molecule has 0 unspecified atom stereocenters. The van der Waals surface area contributed by atoms with Gasteiger partial charge in [0.25, 0.3) is 11.8 Å². The number of hydrogen-bond donors (Lipinski definition) is 1. The summed E-state index contributed by atoms with van der Waals surface area (Å²) in [4.78, 5) is 26.6. The maximum Gasteiger partial charge on any atom is 0.257 e. The van der Waals surface area contributed by atoms with Crippen LogP contribution in [0.3, 0.4) is 0 Å². The Kier molecular flexibility index (Phi) is 4.46. The van der Waals surface area contributed by atoms with Crippen molar-refractivity contribution in [3.63, 3.8) is 0 Å². The Morgan fingerprint density at radius 3 is 2.42 bits per heavy atom. The van der Waals surface area contributed by atoms with Crippen molar-refractivity contribution in [2.75, 3.05) is 13.1 Å². The van der Waals surface area contributed by atoms with Crippen LogP contribution in [-0.4, -0.2) is 35.8 Å². The van der Waals surface area contributed by atoms with Crippen LogP contribution in [0, 0.1) is 20.8 Å². The highest BCUT2D eigenvalue weighted by molar-refractivity contribution is 5.97. The average Bonchev–Trinajstić information content (AvgIpc) is 3.16. The molecule has 1 fully saturated rings. The number of furan rings is 2. The molecule has 1 N–H and O–H groups in total. The van der Waals surface area contributed by atoms with Crippen molar-refractivity contribution in [2.24, 2.45) is 0 Å². The van der Waals surface area contributed by atoms with Gasteiger partial charge in [-0.05, 0) is 39.7 Å². The molecule has 0 spiro atoms. The number of nitrogens with zero attached hydrogens (tertiary/aromatic N) is 1. The van der Waals surface area contributed by atoms with Crippen LogP contribution in [0.1, 0.15) is 50.6 Å². The van der Waals surface area contributed by atoms with Crippen LogP contribution in [0.15, 0.2) is 27.4 Å². The first-order chi connectivity index (χ1) is 11.5. The summed E-state index contributed by atoms with van der Waals surface area (Å²) < 4.78 is 10.5. The second-order valence-electron chi connectivity index (χ2n) is 6.27. The first-order valence-corrected chi connectivity index (χ1v) is 8.16. The third-order valence-electron chi connectivity index (χ3n) is 4.67. The van der Waals surface area contributed by atoms with E-state index in [0.717, 1.165) is 24.2 Å². The Labute approximate surface area is 140 Å². The number of aryl methyl sites for hydroxylation is 2. The van der Waals surface area contributed by atoms with Gasteiger partial charge in [-0.1, -0.05) is 0 Å². The molecule has 0 aliphatic carbocycles. The van der Waals surface area contributed by atoms with E-state index in [4.69, 9.17) is 8.83 Å². The van der Waals surface area contributed by atoms with Gasteiger partial charge < -0.3 is 19.1 Å². The second-order valence-corrected chi connectivity index (χ2v) is 6.27. The zero-order valence-electron chi connectivity index (χ0n) is 14.2. The molecule has 1 saturated heterocycles. The largest absolute Gasteiger partial charge is 0.472 e. The summed E-state index contributed by atoms with van der Waals surface area (Å²) in [6.07, 6.45) is 4.44. The van der Waals surface area contributed by atoms with Crippen molar-refractivity contribution in [2.45, 2.75) is 39.7 Å². The van der Waals surface area contributed by atoms with E-state index >= 15 is 0 Å². The summed E-state index contributed by atoms with van der Waals surface area (Å²) in [7, 11) is 0. The smallest absolute Gasteiger partial charge is 0.257 e. The van der Waals surface area contributed by atoms with Crippen molar-refractivity contribution in [1.82, 2.24) is 10.2 Å². The van der Waals surface area contributed by atoms with Crippen LogP contribution in [0.25, 0.3) is 0 Å². The average molecular weight is 330 g/mol. The molecule has 2 aromatic heterocycles. The van der Waals surface area contributed by atoms with Crippen molar-refractivity contribution in [1.29, 1.82) is 0 Å². The fourth-order valence-electron chi connectivity index (χ4n) is 3.18. The van der Waals surface area contributed by atoms with Gasteiger partial charge in [0.05, 0.1) is 17.4 Å². The van der Waals surface area contributed by atoms with E-state index in [0.29, 0.717) is 30.0 Å². The molecular weight excluding hydrogens is 308 g/mol. The Morgan fingerprint density at radius 1 is 1.17 bits per heavy atom. The summed E-state index contributed by atoms with van der Waals surface area (Å²) in [6, 6.07) is 1.74. The van der Waals surface area contributed by atoms with Gasteiger partial charge in [-0.3, -0.25) is 9.59 Å². The van der Waals surface area contributed by atoms with E-state index in [1.54, 1.807) is 17.9 Å². The minimum Gasteiger partial charge on any atom is -0.472 e. The Bertz CT molecular complexity index is 737. The minimum atomic E-state index is -0.0959. The van der Waals surface area contributed by atoms with E-state index in [-0.39, 0.29) is 17.9 Å². The summed E-state index contributed by atoms with van der Waals surface area (Å²) >= 11 is 0. The zero-order valence-corrected chi connectivity index (χ0v) is 14.2. The molecule has 2 amide bonds. The van der Waals surface area contributed by atoms with Gasteiger partial charge in [-0.25, -0.2) is 0 Å². The molecule has 128 valence electrons. The summed E-state index contributed by atoms with van der Waals surface area (Å²) in [6.45, 7) is 6.81. The predicted molar refractivity (Wildman–Crippen MR) is 88.0 cm³/mol. The summed E-state index contributed by atoms with van der Waals surface area (Å²) in [5.74, 6) is 1.31. The molecule has 0 aromatic carbocycles. The highest BCUT2D eigenvalue weighted by Gasteiger charge is 2.27. The molecule has 24 heavy (non-hydrogen) atoms. The van der Waals surface area contributed by atoms with E-state index in [1.165, 1.54) is 12.5 Å². The fourth-order valence-corrected chi connectivity index (χ4v) is 3.18. The van der Waals surface area contributed by atoms with Crippen LogP contribution in [0.2, 0.25) is 0 Å². The van der Waals surface area contributed by atoms with E-state index in [2.05, 4.69) is 5.32 Å². The molecule has 0 bridgehead atoms. The maximum absolute atomic E-state index is 12.5. The monoisotopic (exact) mass is 330 g/mol. The lowest BCUT2D eigenvalue weighted by molar-refractivity contribution is 0.0697. The van der Waals surface area contributed by atoms with Crippen molar-refractivity contribution in [3.8, 4) is 0 Å². The van der Waals surface area contributed by atoms with Gasteiger partial charge in [0.2, 0.25) is 0 Å². The van der Waals surface area contributed by atoms with Gasteiger partial charge >= 0.3 is 0 Å². The van der Waals surface area contributed by atoms with Crippen molar-refractivity contribution < 1.29 is 18.4 Å². The van der Waals surface area contributed by atoms with Crippen LogP contribution < -0.4 is 5.32 Å². The molecule has 3 heterocycles. The molecule has 6 heteroatoms. The molecule has 1 aliphatic rings. The van der Waals surface area contributed by atoms with Crippen LogP contribution in [0.4, 0.5) is 0 Å². The minimum absolute atomic E-state index is 0.0225. The quantitative estimate of drug-likeness (QED) is 0.939. The van der Waals surface area contributed by atoms with Gasteiger partial charge in [0.15, 0.2) is 0 Å². The Morgan fingerprint density at radius 2 is 1.88 bits per heavy atom. The number of carbonyl (C=O) groups excluding carboxylic acids is 2. The van der Waals surface area contributed by atoms with Crippen LogP contribution in [-0.2, 0) is 0 Å². The zero-order chi connectivity index (χ0) is 17.3. The number of hydrogen-bond acceptors (Lipinski definition) is 4. The SMILES string of the molecule is Cc1oc(C)c(C(=O)NC2CCN(C(=O)c3ccoc3)CC2)c1C. The molecule has 6 nitrogen and oxygen atoms in total. The number of rotatable bonds is 3. The van der Waals surface area contributed by atoms with Crippen molar-refractivity contribution in [3.05, 3.63) is 46.8 Å². The highest BCUT2D eigenvalue weighted by Crippen LogP contribution is 2.21. The van der Waals surface area contributed by atoms with E-state index in [9.17, 15) is 9.59 Å². The van der Waals surface area contributed by atoms with Crippen LogP contribution >= 0.6 is 0 Å². The topological polar surface area (TPSA) is 75.7 Å². The summed E-state index contributed by atoms with van der Waals surface area (Å²) in [5.41, 5.74) is 2.08.